The molecule has 6 heteroatoms. The van der Waals surface area contributed by atoms with Crippen molar-refractivity contribution < 1.29 is 4.79 Å². The van der Waals surface area contributed by atoms with E-state index in [1.165, 1.54) is 0 Å². The van der Waals surface area contributed by atoms with Gasteiger partial charge in [0.25, 0.3) is 0 Å². The zero-order valence-corrected chi connectivity index (χ0v) is 14.5. The Labute approximate surface area is 155 Å². The van der Waals surface area contributed by atoms with Crippen molar-refractivity contribution in [2.75, 3.05) is 10.6 Å². The molecule has 1 aromatic carbocycles. The van der Waals surface area contributed by atoms with Crippen LogP contribution in [0.2, 0.25) is 0 Å². The Morgan fingerprint density at radius 3 is 3.00 bits per heavy atom. The van der Waals surface area contributed by atoms with Crippen molar-refractivity contribution in [3.8, 4) is 11.1 Å². The van der Waals surface area contributed by atoms with Crippen LogP contribution in [0.25, 0.3) is 22.2 Å². The van der Waals surface area contributed by atoms with Crippen molar-refractivity contribution in [2.45, 2.75) is 13.0 Å². The summed E-state index contributed by atoms with van der Waals surface area (Å²) < 4.78 is 0. The smallest absolute Gasteiger partial charge is 0.228 e. The summed E-state index contributed by atoms with van der Waals surface area (Å²) >= 11 is 0. The van der Waals surface area contributed by atoms with Gasteiger partial charge in [-0.2, -0.15) is 0 Å². The van der Waals surface area contributed by atoms with E-state index >= 15 is 0 Å². The summed E-state index contributed by atoms with van der Waals surface area (Å²) in [4.78, 5) is 23.7. The second-order valence-electron chi connectivity index (χ2n) is 6.61. The number of benzene rings is 1. The number of H-pyrrole nitrogens is 1. The lowest BCUT2D eigenvalue weighted by Gasteiger charge is -2.11. The number of aromatic nitrogens is 3. The minimum atomic E-state index is 0.0440. The maximum absolute atomic E-state index is 11.7. The Bertz CT molecular complexity index is 1150. The molecule has 4 aromatic rings. The van der Waals surface area contributed by atoms with Gasteiger partial charge < -0.3 is 15.6 Å². The highest BCUT2D eigenvalue weighted by Crippen LogP contribution is 2.34. The molecule has 4 heterocycles. The van der Waals surface area contributed by atoms with Crippen molar-refractivity contribution >= 4 is 28.4 Å². The summed E-state index contributed by atoms with van der Waals surface area (Å²) in [6, 6.07) is 14.1. The molecule has 5 rings (SSSR count). The molecular weight excluding hydrogens is 338 g/mol. The molecule has 0 fully saturated rings. The minimum Gasteiger partial charge on any atom is -0.366 e. The van der Waals surface area contributed by atoms with Gasteiger partial charge in [0, 0.05) is 36.2 Å². The van der Waals surface area contributed by atoms with E-state index in [1.54, 1.807) is 6.20 Å². The van der Waals surface area contributed by atoms with Crippen LogP contribution in [0, 0.1) is 0 Å². The van der Waals surface area contributed by atoms with Crippen LogP contribution >= 0.6 is 0 Å². The SMILES string of the molecule is O=C1Cc2cc(-c3cc(NCc4cccnc4)nc4[nH]ccc34)ccc2N1. The predicted molar refractivity (Wildman–Crippen MR) is 105 cm³/mol. The number of aromatic amines is 1. The Morgan fingerprint density at radius 1 is 1.15 bits per heavy atom. The van der Waals surface area contributed by atoms with E-state index in [-0.39, 0.29) is 5.91 Å². The zero-order chi connectivity index (χ0) is 18.2. The number of fused-ring (bicyclic) bond motifs is 2. The molecule has 0 saturated heterocycles. The number of nitrogens with one attached hydrogen (secondary N) is 3. The summed E-state index contributed by atoms with van der Waals surface area (Å²) in [6.45, 7) is 0.648. The first-order valence-electron chi connectivity index (χ1n) is 8.80. The fourth-order valence-electron chi connectivity index (χ4n) is 3.46. The predicted octanol–water partition coefficient (Wildman–Crippen LogP) is 3.73. The Balaban J connectivity index is 1.53. The number of hydrogen-bond donors (Lipinski definition) is 3. The number of amides is 1. The molecule has 0 bridgehead atoms. The molecule has 1 aliphatic heterocycles. The van der Waals surface area contributed by atoms with Crippen LogP contribution in [-0.2, 0) is 17.8 Å². The minimum absolute atomic E-state index is 0.0440. The molecule has 0 aliphatic carbocycles. The summed E-state index contributed by atoms with van der Waals surface area (Å²) in [6.07, 6.45) is 5.92. The van der Waals surface area contributed by atoms with Gasteiger partial charge in [0.05, 0.1) is 6.42 Å². The molecule has 132 valence electrons. The van der Waals surface area contributed by atoms with Gasteiger partial charge in [-0.1, -0.05) is 12.1 Å². The van der Waals surface area contributed by atoms with Crippen molar-refractivity contribution in [3.05, 3.63) is 72.2 Å². The third kappa shape index (κ3) is 2.91. The van der Waals surface area contributed by atoms with Crippen LogP contribution in [-0.4, -0.2) is 20.9 Å². The maximum atomic E-state index is 11.7. The van der Waals surface area contributed by atoms with Gasteiger partial charge >= 0.3 is 0 Å². The lowest BCUT2D eigenvalue weighted by atomic mass is 10.00. The van der Waals surface area contributed by atoms with Gasteiger partial charge in [-0.05, 0) is 52.6 Å². The fraction of sp³-hybridized carbons (Fsp3) is 0.0952. The number of nitrogens with zero attached hydrogens (tertiary/aromatic N) is 2. The molecule has 0 radical (unpaired) electrons. The third-order valence-corrected chi connectivity index (χ3v) is 4.77. The van der Waals surface area contributed by atoms with E-state index in [4.69, 9.17) is 0 Å². The quantitative estimate of drug-likeness (QED) is 0.521. The number of carbonyl (C=O) groups is 1. The first kappa shape index (κ1) is 15.6. The van der Waals surface area contributed by atoms with Crippen molar-refractivity contribution in [1.29, 1.82) is 0 Å². The van der Waals surface area contributed by atoms with E-state index in [0.29, 0.717) is 13.0 Å². The highest BCUT2D eigenvalue weighted by Gasteiger charge is 2.18. The molecule has 0 unspecified atom stereocenters. The Kier molecular flexibility index (Phi) is 3.60. The standard InChI is InChI=1S/C21H17N5O/c27-20-9-15-8-14(3-4-18(15)25-20)17-10-19(26-21-16(17)5-7-23-21)24-12-13-2-1-6-22-11-13/h1-8,10-11H,9,12H2,(H,25,27)(H2,23,24,26). The first-order valence-corrected chi connectivity index (χ1v) is 8.80. The van der Waals surface area contributed by atoms with E-state index < -0.39 is 0 Å². The van der Waals surface area contributed by atoms with Crippen LogP contribution in [0.4, 0.5) is 11.5 Å². The Hall–Kier alpha value is -3.67. The van der Waals surface area contributed by atoms with Crippen molar-refractivity contribution in [3.63, 3.8) is 0 Å². The topological polar surface area (TPSA) is 82.7 Å². The lowest BCUT2D eigenvalue weighted by Crippen LogP contribution is -2.03. The normalized spacial score (nSPS) is 12.8. The first-order chi connectivity index (χ1) is 13.3. The summed E-state index contributed by atoms with van der Waals surface area (Å²) in [5.74, 6) is 0.834. The summed E-state index contributed by atoms with van der Waals surface area (Å²) in [7, 11) is 0. The van der Waals surface area contributed by atoms with Crippen LogP contribution in [0.3, 0.4) is 0 Å². The van der Waals surface area contributed by atoms with E-state index in [1.807, 2.05) is 42.7 Å². The molecule has 1 aliphatic rings. The molecule has 6 nitrogen and oxygen atoms in total. The average Bonchev–Trinajstić information content (AvgIpc) is 3.31. The summed E-state index contributed by atoms with van der Waals surface area (Å²) in [5.41, 5.74) is 6.00. The maximum Gasteiger partial charge on any atom is 0.228 e. The fourth-order valence-corrected chi connectivity index (χ4v) is 3.46. The van der Waals surface area contributed by atoms with E-state index in [0.717, 1.165) is 44.8 Å². The number of carbonyl (C=O) groups excluding carboxylic acids is 1. The number of hydrogen-bond acceptors (Lipinski definition) is 4. The molecule has 3 aromatic heterocycles. The van der Waals surface area contributed by atoms with Crippen LogP contribution < -0.4 is 10.6 Å². The van der Waals surface area contributed by atoms with Gasteiger partial charge in [0.1, 0.15) is 11.5 Å². The van der Waals surface area contributed by atoms with Crippen LogP contribution in [0.1, 0.15) is 11.1 Å². The molecule has 3 N–H and O–H groups in total. The van der Waals surface area contributed by atoms with Crippen molar-refractivity contribution in [1.82, 2.24) is 15.0 Å². The van der Waals surface area contributed by atoms with Gasteiger partial charge in [0.15, 0.2) is 0 Å². The highest BCUT2D eigenvalue weighted by molar-refractivity contribution is 6.01. The van der Waals surface area contributed by atoms with Gasteiger partial charge in [0.2, 0.25) is 5.91 Å². The highest BCUT2D eigenvalue weighted by atomic mass is 16.1. The molecule has 1 amide bonds. The molecular formula is C21H17N5O. The zero-order valence-electron chi connectivity index (χ0n) is 14.5. The summed E-state index contributed by atoms with van der Waals surface area (Å²) in [5, 5.41) is 7.31. The second kappa shape index (κ2) is 6.25. The molecule has 0 atom stereocenters. The largest absolute Gasteiger partial charge is 0.366 e. The van der Waals surface area contributed by atoms with E-state index in [2.05, 4.69) is 37.7 Å². The lowest BCUT2D eigenvalue weighted by molar-refractivity contribution is -0.115. The molecule has 27 heavy (non-hydrogen) atoms. The van der Waals surface area contributed by atoms with Gasteiger partial charge in [-0.25, -0.2) is 4.98 Å². The molecule has 0 saturated carbocycles. The molecule has 0 spiro atoms. The number of rotatable bonds is 4. The monoisotopic (exact) mass is 355 g/mol. The van der Waals surface area contributed by atoms with Gasteiger partial charge in [-0.15, -0.1) is 0 Å². The van der Waals surface area contributed by atoms with Crippen LogP contribution in [0.15, 0.2) is 61.1 Å². The van der Waals surface area contributed by atoms with Gasteiger partial charge in [-0.3, -0.25) is 9.78 Å². The third-order valence-electron chi connectivity index (χ3n) is 4.77. The van der Waals surface area contributed by atoms with Crippen LogP contribution in [0.5, 0.6) is 0 Å². The van der Waals surface area contributed by atoms with E-state index in [9.17, 15) is 4.79 Å². The Morgan fingerprint density at radius 2 is 2.11 bits per heavy atom. The number of pyridine rings is 2. The average molecular weight is 355 g/mol. The number of anilines is 2. The second-order valence-corrected chi connectivity index (χ2v) is 6.61. The van der Waals surface area contributed by atoms with Crippen molar-refractivity contribution in [2.24, 2.45) is 0 Å².